The first-order chi connectivity index (χ1) is 15.9. The second-order valence-electron chi connectivity index (χ2n) is 9.59. The summed E-state index contributed by atoms with van der Waals surface area (Å²) in [5.74, 6) is -0.868. The number of carbonyl (C=O) groups is 3. The number of carbonyl (C=O) groups excluding carboxylic acids is 3. The van der Waals surface area contributed by atoms with Gasteiger partial charge in [0.2, 0.25) is 5.91 Å². The average Bonchev–Trinajstić information content (AvgIpc) is 2.74. The number of unbranched alkanes of at least 4 members (excludes halogenated alkanes) is 1. The van der Waals surface area contributed by atoms with Crippen LogP contribution in [0.4, 0.5) is 4.79 Å². The molecule has 34 heavy (non-hydrogen) atoms. The van der Waals surface area contributed by atoms with E-state index in [9.17, 15) is 14.4 Å². The van der Waals surface area contributed by atoms with Gasteiger partial charge in [-0.1, -0.05) is 64.5 Å². The Bertz CT molecular complexity index is 896. The molecule has 0 aliphatic carbocycles. The second-order valence-corrected chi connectivity index (χ2v) is 9.59. The SMILES string of the molecule is C#CN(C(=O)C(CC(C)C)NC(=O)OC(C)(C)C)C(C(=O)NCCCC)c1cccc(C=C)c1. The highest BCUT2D eigenvalue weighted by atomic mass is 16.6. The van der Waals surface area contributed by atoms with Gasteiger partial charge in [-0.05, 0) is 56.7 Å². The molecule has 2 unspecified atom stereocenters. The summed E-state index contributed by atoms with van der Waals surface area (Å²) in [5.41, 5.74) is 0.617. The van der Waals surface area contributed by atoms with Crippen molar-refractivity contribution in [1.82, 2.24) is 15.5 Å². The van der Waals surface area contributed by atoms with Crippen molar-refractivity contribution in [1.29, 1.82) is 0 Å². The van der Waals surface area contributed by atoms with E-state index in [-0.39, 0.29) is 11.8 Å². The molecule has 1 aromatic rings. The number of nitrogens with one attached hydrogen (secondary N) is 2. The maximum atomic E-state index is 13.6. The first-order valence-corrected chi connectivity index (χ1v) is 11.7. The van der Waals surface area contributed by atoms with Crippen molar-refractivity contribution < 1.29 is 19.1 Å². The number of amides is 3. The predicted octanol–water partition coefficient (Wildman–Crippen LogP) is 4.65. The van der Waals surface area contributed by atoms with Crippen LogP contribution in [0.5, 0.6) is 0 Å². The Balaban J connectivity index is 3.37. The van der Waals surface area contributed by atoms with Crippen LogP contribution in [-0.2, 0) is 14.3 Å². The molecular formula is C27H39N3O4. The van der Waals surface area contributed by atoms with E-state index >= 15 is 0 Å². The maximum absolute atomic E-state index is 13.6. The molecule has 1 rings (SSSR count). The zero-order valence-corrected chi connectivity index (χ0v) is 21.3. The Labute approximate surface area is 204 Å². The van der Waals surface area contributed by atoms with Crippen LogP contribution in [0.3, 0.4) is 0 Å². The number of terminal acetylenes is 1. The first kappa shape index (κ1) is 28.8. The van der Waals surface area contributed by atoms with Crippen molar-refractivity contribution in [2.75, 3.05) is 6.54 Å². The van der Waals surface area contributed by atoms with Crippen molar-refractivity contribution in [3.63, 3.8) is 0 Å². The fourth-order valence-electron chi connectivity index (χ4n) is 3.33. The third kappa shape index (κ3) is 9.30. The minimum atomic E-state index is -1.07. The highest BCUT2D eigenvalue weighted by Crippen LogP contribution is 2.24. The zero-order valence-electron chi connectivity index (χ0n) is 21.3. The molecule has 0 bridgehead atoms. The van der Waals surface area contributed by atoms with Crippen LogP contribution < -0.4 is 10.6 Å². The average molecular weight is 470 g/mol. The minimum absolute atomic E-state index is 0.0736. The molecule has 0 fully saturated rings. The van der Waals surface area contributed by atoms with Crippen molar-refractivity contribution >= 4 is 24.0 Å². The molecule has 2 atom stereocenters. The van der Waals surface area contributed by atoms with E-state index in [2.05, 4.69) is 23.3 Å². The monoisotopic (exact) mass is 469 g/mol. The largest absolute Gasteiger partial charge is 0.444 e. The number of hydrogen-bond donors (Lipinski definition) is 2. The third-order valence-corrected chi connectivity index (χ3v) is 4.87. The lowest BCUT2D eigenvalue weighted by Gasteiger charge is -2.31. The van der Waals surface area contributed by atoms with Gasteiger partial charge in [0.1, 0.15) is 17.7 Å². The van der Waals surface area contributed by atoms with Gasteiger partial charge >= 0.3 is 6.09 Å². The number of benzene rings is 1. The highest BCUT2D eigenvalue weighted by molar-refractivity contribution is 5.93. The number of nitrogens with zero attached hydrogens (tertiary/aromatic N) is 1. The molecule has 0 radical (unpaired) electrons. The highest BCUT2D eigenvalue weighted by Gasteiger charge is 2.36. The Hall–Kier alpha value is -3.27. The van der Waals surface area contributed by atoms with E-state index in [0.29, 0.717) is 18.5 Å². The molecule has 2 N–H and O–H groups in total. The molecule has 0 heterocycles. The van der Waals surface area contributed by atoms with E-state index in [1.807, 2.05) is 26.8 Å². The summed E-state index contributed by atoms with van der Waals surface area (Å²) in [7, 11) is 0. The van der Waals surface area contributed by atoms with E-state index in [1.165, 1.54) is 0 Å². The molecule has 7 nitrogen and oxygen atoms in total. The number of rotatable bonds is 11. The number of ether oxygens (including phenoxy) is 1. The lowest BCUT2D eigenvalue weighted by atomic mass is 9.98. The predicted molar refractivity (Wildman–Crippen MR) is 135 cm³/mol. The van der Waals surface area contributed by atoms with Gasteiger partial charge in [0, 0.05) is 12.6 Å². The van der Waals surface area contributed by atoms with Crippen LogP contribution in [0.15, 0.2) is 30.8 Å². The second kappa shape index (κ2) is 13.4. The quantitative estimate of drug-likeness (QED) is 0.281. The van der Waals surface area contributed by atoms with Crippen LogP contribution in [0.25, 0.3) is 6.08 Å². The van der Waals surface area contributed by atoms with Crippen molar-refractivity contribution in [3.8, 4) is 12.5 Å². The molecule has 0 saturated carbocycles. The van der Waals surface area contributed by atoms with Gasteiger partial charge in [0.15, 0.2) is 0 Å². The lowest BCUT2D eigenvalue weighted by molar-refractivity contribution is -0.138. The number of hydrogen-bond acceptors (Lipinski definition) is 4. The van der Waals surface area contributed by atoms with Crippen LogP contribution in [0.1, 0.15) is 78.0 Å². The van der Waals surface area contributed by atoms with E-state index < -0.39 is 29.7 Å². The fourth-order valence-corrected chi connectivity index (χ4v) is 3.33. The lowest BCUT2D eigenvalue weighted by Crippen LogP contribution is -2.52. The van der Waals surface area contributed by atoms with Crippen LogP contribution in [0.2, 0.25) is 0 Å². The third-order valence-electron chi connectivity index (χ3n) is 4.87. The normalized spacial score (nSPS) is 12.8. The molecular weight excluding hydrogens is 430 g/mol. The molecule has 0 aliphatic rings. The molecule has 3 amide bonds. The summed E-state index contributed by atoms with van der Waals surface area (Å²) in [6.07, 6.45) is 8.75. The van der Waals surface area contributed by atoms with Crippen LogP contribution in [0, 0.1) is 18.4 Å². The summed E-state index contributed by atoms with van der Waals surface area (Å²) in [5, 5.41) is 5.52. The Morgan fingerprint density at radius 1 is 1.26 bits per heavy atom. The van der Waals surface area contributed by atoms with Gasteiger partial charge < -0.3 is 15.4 Å². The van der Waals surface area contributed by atoms with Gasteiger partial charge in [0.25, 0.3) is 5.91 Å². The number of alkyl carbamates (subject to hydrolysis) is 1. The topological polar surface area (TPSA) is 87.7 Å². The van der Waals surface area contributed by atoms with Gasteiger partial charge in [-0.15, -0.1) is 0 Å². The van der Waals surface area contributed by atoms with E-state index in [1.54, 1.807) is 45.0 Å². The smallest absolute Gasteiger partial charge is 0.408 e. The molecule has 186 valence electrons. The Morgan fingerprint density at radius 2 is 1.94 bits per heavy atom. The van der Waals surface area contributed by atoms with E-state index in [4.69, 9.17) is 11.2 Å². The molecule has 0 saturated heterocycles. The first-order valence-electron chi connectivity index (χ1n) is 11.7. The molecule has 0 aliphatic heterocycles. The van der Waals surface area contributed by atoms with Crippen molar-refractivity contribution in [2.24, 2.45) is 5.92 Å². The summed E-state index contributed by atoms with van der Waals surface area (Å²) < 4.78 is 5.34. The maximum Gasteiger partial charge on any atom is 0.408 e. The summed E-state index contributed by atoms with van der Waals surface area (Å²) in [6, 6.07) is 7.50. The minimum Gasteiger partial charge on any atom is -0.444 e. The summed E-state index contributed by atoms with van der Waals surface area (Å²) >= 11 is 0. The standard InChI is InChI=1S/C27H39N3O4/c1-9-12-16-28-24(31)23(21-15-13-14-20(10-2)18-21)30(11-3)25(32)22(17-19(4)5)29-26(33)34-27(6,7)8/h3,10,13-15,18-19,22-23H,2,9,12,16-17H2,1,4-8H3,(H,28,31)(H,29,33). The van der Waals surface area contributed by atoms with Gasteiger partial charge in [-0.2, -0.15) is 0 Å². The zero-order chi connectivity index (χ0) is 25.9. The van der Waals surface area contributed by atoms with E-state index in [0.717, 1.165) is 23.3 Å². The Kier molecular flexibility index (Phi) is 11.4. The molecule has 7 heteroatoms. The van der Waals surface area contributed by atoms with Crippen LogP contribution >= 0.6 is 0 Å². The molecule has 1 aromatic carbocycles. The fraction of sp³-hybridized carbons (Fsp3) is 0.519. The van der Waals surface area contributed by atoms with Gasteiger partial charge in [-0.25, -0.2) is 4.79 Å². The van der Waals surface area contributed by atoms with Gasteiger partial charge in [0.05, 0.1) is 0 Å². The Morgan fingerprint density at radius 3 is 2.47 bits per heavy atom. The molecule has 0 aromatic heterocycles. The summed E-state index contributed by atoms with van der Waals surface area (Å²) in [6.45, 7) is 15.3. The van der Waals surface area contributed by atoms with Crippen LogP contribution in [-0.4, -0.2) is 41.0 Å². The summed E-state index contributed by atoms with van der Waals surface area (Å²) in [4.78, 5) is 40.4. The van der Waals surface area contributed by atoms with Crippen molar-refractivity contribution in [2.45, 2.75) is 78.5 Å². The van der Waals surface area contributed by atoms with Crippen molar-refractivity contribution in [3.05, 3.63) is 42.0 Å². The molecule has 0 spiro atoms. The van der Waals surface area contributed by atoms with Gasteiger partial charge in [-0.3, -0.25) is 14.5 Å².